The molecule has 1 N–H and O–H groups in total. The van der Waals surface area contributed by atoms with Gasteiger partial charge in [-0.05, 0) is 12.1 Å². The molecular weight excluding hydrogens is 300 g/mol. The summed E-state index contributed by atoms with van der Waals surface area (Å²) < 4.78 is 51.9. The van der Waals surface area contributed by atoms with E-state index < -0.39 is 17.6 Å². The highest BCUT2D eigenvalue weighted by Gasteiger charge is 2.37. The topological polar surface area (TPSA) is 55.7 Å². The van der Waals surface area contributed by atoms with Gasteiger partial charge in [0.25, 0.3) is 0 Å². The number of H-pyrrole nitrogens is 1. The molecule has 1 aromatic heterocycles. The first-order chi connectivity index (χ1) is 10.4. The van der Waals surface area contributed by atoms with Crippen molar-refractivity contribution in [3.05, 3.63) is 47.3 Å². The molecule has 1 fully saturated rings. The number of aromatic amines is 1. The van der Waals surface area contributed by atoms with E-state index in [2.05, 4.69) is 9.97 Å². The Hall–Kier alpha value is -2.56. The van der Waals surface area contributed by atoms with Crippen LogP contribution in [0.5, 0.6) is 0 Å². The molecule has 1 aliphatic rings. The molecule has 0 radical (unpaired) electrons. The fourth-order valence-corrected chi connectivity index (χ4v) is 2.48. The number of imidazole rings is 1. The van der Waals surface area contributed by atoms with Crippen LogP contribution in [0.2, 0.25) is 0 Å². The lowest BCUT2D eigenvalue weighted by molar-refractivity contribution is -0.139. The number of nitrogens with one attached hydrogen (secondary N) is 1. The zero-order valence-corrected chi connectivity index (χ0v) is 11.2. The molecule has 0 spiro atoms. The van der Waals surface area contributed by atoms with Crippen LogP contribution in [0.4, 0.5) is 23.2 Å². The van der Waals surface area contributed by atoms with Crippen LogP contribution in [0.3, 0.4) is 0 Å². The summed E-state index contributed by atoms with van der Waals surface area (Å²) in [6, 6.07) is 3.08. The first kappa shape index (κ1) is 14.4. The minimum Gasteiger partial charge on any atom is -0.369 e. The Labute approximate surface area is 123 Å². The summed E-state index contributed by atoms with van der Waals surface area (Å²) in [4.78, 5) is 8.65. The Kier molecular flexibility index (Phi) is 3.28. The number of alkyl halides is 3. The van der Waals surface area contributed by atoms with Crippen molar-refractivity contribution < 1.29 is 17.6 Å². The maximum absolute atomic E-state index is 13.5. The maximum Gasteiger partial charge on any atom is 0.419 e. The van der Waals surface area contributed by atoms with Crippen LogP contribution in [0.15, 0.2) is 24.5 Å². The minimum absolute atomic E-state index is 0.0564. The van der Waals surface area contributed by atoms with Gasteiger partial charge in [-0.25, -0.2) is 9.37 Å². The van der Waals surface area contributed by atoms with Gasteiger partial charge >= 0.3 is 6.18 Å². The highest BCUT2D eigenvalue weighted by molar-refractivity contribution is 5.63. The largest absolute Gasteiger partial charge is 0.419 e. The number of anilines is 1. The summed E-state index contributed by atoms with van der Waals surface area (Å²) in [6.07, 6.45) is -1.53. The van der Waals surface area contributed by atoms with Crippen LogP contribution in [0.25, 0.3) is 0 Å². The standard InChI is InChI=1S/C14H10F4N4/c15-11-3-8(5-19)12(4-10(11)14(16,17)18)22-6-9(7-22)13-20-1-2-21-13/h1-4,9H,6-7H2,(H,20,21). The van der Waals surface area contributed by atoms with Gasteiger partial charge in [-0.15, -0.1) is 0 Å². The number of hydrogen-bond acceptors (Lipinski definition) is 3. The summed E-state index contributed by atoms with van der Waals surface area (Å²) in [5.41, 5.74) is -1.37. The molecule has 4 nitrogen and oxygen atoms in total. The number of nitriles is 1. The Bertz CT molecular complexity index is 725. The van der Waals surface area contributed by atoms with E-state index in [4.69, 9.17) is 5.26 Å². The molecule has 8 heteroatoms. The first-order valence-corrected chi connectivity index (χ1v) is 6.45. The van der Waals surface area contributed by atoms with Crippen molar-refractivity contribution in [2.75, 3.05) is 18.0 Å². The van der Waals surface area contributed by atoms with Gasteiger partial charge in [-0.1, -0.05) is 0 Å². The summed E-state index contributed by atoms with van der Waals surface area (Å²) in [6.45, 7) is 0.843. The Morgan fingerprint density at radius 2 is 2.05 bits per heavy atom. The van der Waals surface area contributed by atoms with Crippen molar-refractivity contribution in [1.82, 2.24) is 9.97 Å². The van der Waals surface area contributed by atoms with E-state index in [0.29, 0.717) is 25.2 Å². The smallest absolute Gasteiger partial charge is 0.369 e. The third kappa shape index (κ3) is 2.39. The molecule has 0 bridgehead atoms. The van der Waals surface area contributed by atoms with Crippen LogP contribution in [-0.4, -0.2) is 23.1 Å². The lowest BCUT2D eigenvalue weighted by Crippen LogP contribution is -2.46. The highest BCUT2D eigenvalue weighted by Crippen LogP contribution is 2.38. The first-order valence-electron chi connectivity index (χ1n) is 6.45. The monoisotopic (exact) mass is 310 g/mol. The Morgan fingerprint density at radius 1 is 1.32 bits per heavy atom. The van der Waals surface area contributed by atoms with E-state index in [1.165, 1.54) is 0 Å². The molecule has 1 saturated heterocycles. The number of rotatable bonds is 2. The van der Waals surface area contributed by atoms with Crippen molar-refractivity contribution in [3.63, 3.8) is 0 Å². The molecule has 0 saturated carbocycles. The molecule has 2 aromatic rings. The van der Waals surface area contributed by atoms with Gasteiger partial charge in [0.2, 0.25) is 0 Å². The summed E-state index contributed by atoms with van der Waals surface area (Å²) in [5.74, 6) is -0.634. The van der Waals surface area contributed by atoms with Gasteiger partial charge < -0.3 is 9.88 Å². The fraction of sp³-hybridized carbons (Fsp3) is 0.286. The van der Waals surface area contributed by atoms with E-state index in [1.807, 2.05) is 0 Å². The number of aromatic nitrogens is 2. The van der Waals surface area contributed by atoms with Crippen LogP contribution < -0.4 is 4.90 Å². The van der Waals surface area contributed by atoms with Crippen LogP contribution in [0, 0.1) is 17.1 Å². The molecule has 0 amide bonds. The molecule has 1 aromatic carbocycles. The quantitative estimate of drug-likeness (QED) is 0.867. The minimum atomic E-state index is -4.79. The predicted octanol–water partition coefficient (Wildman–Crippen LogP) is 3.04. The molecular formula is C14H10F4N4. The third-order valence-corrected chi connectivity index (χ3v) is 3.64. The molecule has 114 valence electrons. The molecule has 1 aliphatic heterocycles. The van der Waals surface area contributed by atoms with Crippen LogP contribution in [0.1, 0.15) is 22.9 Å². The lowest BCUT2D eigenvalue weighted by Gasteiger charge is -2.40. The lowest BCUT2D eigenvalue weighted by atomic mass is 9.96. The van der Waals surface area contributed by atoms with Crippen LogP contribution >= 0.6 is 0 Å². The molecule has 0 atom stereocenters. The number of nitrogens with zero attached hydrogens (tertiary/aromatic N) is 3. The van der Waals surface area contributed by atoms with Gasteiger partial charge in [0, 0.05) is 25.5 Å². The Morgan fingerprint density at radius 3 is 2.59 bits per heavy atom. The summed E-state index contributed by atoms with van der Waals surface area (Å²) in [7, 11) is 0. The third-order valence-electron chi connectivity index (χ3n) is 3.64. The van der Waals surface area contributed by atoms with Crippen molar-refractivity contribution in [2.24, 2.45) is 0 Å². The van der Waals surface area contributed by atoms with Crippen molar-refractivity contribution in [1.29, 1.82) is 5.26 Å². The summed E-state index contributed by atoms with van der Waals surface area (Å²) >= 11 is 0. The average Bonchev–Trinajstić information content (AvgIpc) is 2.90. The molecule has 0 aliphatic carbocycles. The maximum atomic E-state index is 13.5. The fourth-order valence-electron chi connectivity index (χ4n) is 2.48. The normalized spacial score (nSPS) is 15.5. The second kappa shape index (κ2) is 5.02. The number of halogens is 4. The molecule has 2 heterocycles. The van der Waals surface area contributed by atoms with Gasteiger partial charge in [0.05, 0.1) is 22.7 Å². The molecule has 0 unspecified atom stereocenters. The number of benzene rings is 1. The molecule has 22 heavy (non-hydrogen) atoms. The second-order valence-corrected chi connectivity index (χ2v) is 5.04. The van der Waals surface area contributed by atoms with Crippen molar-refractivity contribution in [3.8, 4) is 6.07 Å². The van der Waals surface area contributed by atoms with Crippen LogP contribution in [-0.2, 0) is 6.18 Å². The molecule has 3 rings (SSSR count). The SMILES string of the molecule is N#Cc1cc(F)c(C(F)(F)F)cc1N1CC(c2ncc[nH]2)C1. The van der Waals surface area contributed by atoms with E-state index >= 15 is 0 Å². The highest BCUT2D eigenvalue weighted by atomic mass is 19.4. The van der Waals surface area contributed by atoms with Crippen molar-refractivity contribution >= 4 is 5.69 Å². The van der Waals surface area contributed by atoms with Gasteiger partial charge in [-0.2, -0.15) is 18.4 Å². The Balaban J connectivity index is 1.90. The van der Waals surface area contributed by atoms with E-state index in [1.54, 1.807) is 23.4 Å². The van der Waals surface area contributed by atoms with Gasteiger partial charge in [0.1, 0.15) is 17.7 Å². The second-order valence-electron chi connectivity index (χ2n) is 5.04. The average molecular weight is 310 g/mol. The zero-order chi connectivity index (χ0) is 15.9. The zero-order valence-electron chi connectivity index (χ0n) is 11.2. The van der Waals surface area contributed by atoms with Gasteiger partial charge in [0.15, 0.2) is 0 Å². The van der Waals surface area contributed by atoms with Crippen molar-refractivity contribution in [2.45, 2.75) is 12.1 Å². The van der Waals surface area contributed by atoms with E-state index in [0.717, 1.165) is 5.82 Å². The number of hydrogen-bond donors (Lipinski definition) is 1. The summed E-state index contributed by atoms with van der Waals surface area (Å²) in [5, 5.41) is 9.01. The van der Waals surface area contributed by atoms with E-state index in [-0.39, 0.29) is 17.2 Å². The van der Waals surface area contributed by atoms with Gasteiger partial charge in [-0.3, -0.25) is 0 Å². The van der Waals surface area contributed by atoms with E-state index in [9.17, 15) is 17.6 Å². The predicted molar refractivity (Wildman–Crippen MR) is 69.7 cm³/mol.